The highest BCUT2D eigenvalue weighted by Gasteiger charge is 2.20. The SMILES string of the molecule is COc1ccc(N2CCN(CCCNC(=O)c3cnn(-c4ccccc4)c3-n3cccc3)CC2)cc1. The fourth-order valence-electron chi connectivity index (χ4n) is 4.61. The lowest BCUT2D eigenvalue weighted by Crippen LogP contribution is -2.47. The second kappa shape index (κ2) is 11.1. The van der Waals surface area contributed by atoms with E-state index >= 15 is 0 Å². The molecule has 4 aromatic rings. The highest BCUT2D eigenvalue weighted by molar-refractivity contribution is 5.97. The minimum atomic E-state index is -0.106. The molecule has 0 radical (unpaired) electrons. The number of aromatic nitrogens is 3. The Kier molecular flexibility index (Phi) is 7.33. The van der Waals surface area contributed by atoms with Crippen LogP contribution < -0.4 is 15.0 Å². The van der Waals surface area contributed by atoms with Gasteiger partial charge in [-0.15, -0.1) is 0 Å². The summed E-state index contributed by atoms with van der Waals surface area (Å²) < 4.78 is 8.99. The number of ether oxygens (including phenoxy) is 1. The summed E-state index contributed by atoms with van der Waals surface area (Å²) in [5.41, 5.74) is 2.70. The average molecular weight is 485 g/mol. The van der Waals surface area contributed by atoms with E-state index in [-0.39, 0.29) is 5.91 Å². The predicted octanol–water partition coefficient (Wildman–Crippen LogP) is 3.61. The number of anilines is 1. The highest BCUT2D eigenvalue weighted by Crippen LogP contribution is 2.21. The van der Waals surface area contributed by atoms with Crippen LogP contribution in [0.1, 0.15) is 16.8 Å². The maximum Gasteiger partial charge on any atom is 0.256 e. The molecule has 186 valence electrons. The number of methoxy groups -OCH3 is 1. The van der Waals surface area contributed by atoms with Gasteiger partial charge >= 0.3 is 0 Å². The Balaban J connectivity index is 1.13. The van der Waals surface area contributed by atoms with Gasteiger partial charge in [-0.2, -0.15) is 5.10 Å². The van der Waals surface area contributed by atoms with Crippen molar-refractivity contribution in [3.8, 4) is 17.3 Å². The number of hydrogen-bond acceptors (Lipinski definition) is 5. The van der Waals surface area contributed by atoms with E-state index < -0.39 is 0 Å². The van der Waals surface area contributed by atoms with Crippen LogP contribution in [0.4, 0.5) is 5.69 Å². The summed E-state index contributed by atoms with van der Waals surface area (Å²) >= 11 is 0. The van der Waals surface area contributed by atoms with E-state index in [1.807, 2.05) is 71.6 Å². The van der Waals surface area contributed by atoms with E-state index in [1.165, 1.54) is 5.69 Å². The Morgan fingerprint density at radius 2 is 1.64 bits per heavy atom. The standard InChI is InChI=1S/C28H32N6O2/c1-36-25-12-10-23(11-13-25)32-20-18-31(19-21-32)15-7-14-29-27(35)26-22-30-34(24-8-3-2-4-9-24)28(26)33-16-5-6-17-33/h2-6,8-13,16-17,22H,7,14-15,18-21H2,1H3,(H,29,35). The van der Waals surface area contributed by atoms with Gasteiger partial charge < -0.3 is 19.5 Å². The molecule has 0 atom stereocenters. The van der Waals surface area contributed by atoms with E-state index in [1.54, 1.807) is 18.0 Å². The van der Waals surface area contributed by atoms with Gasteiger partial charge in [-0.1, -0.05) is 18.2 Å². The van der Waals surface area contributed by atoms with Crippen LogP contribution in [0.25, 0.3) is 11.5 Å². The molecule has 1 N–H and O–H groups in total. The van der Waals surface area contributed by atoms with E-state index in [4.69, 9.17) is 4.74 Å². The number of amides is 1. The molecule has 1 aliphatic heterocycles. The van der Waals surface area contributed by atoms with Crippen LogP contribution in [0.15, 0.2) is 85.3 Å². The van der Waals surface area contributed by atoms with E-state index in [0.717, 1.165) is 56.4 Å². The smallest absolute Gasteiger partial charge is 0.256 e. The number of benzene rings is 2. The number of nitrogens with one attached hydrogen (secondary N) is 1. The fourth-order valence-corrected chi connectivity index (χ4v) is 4.61. The molecule has 2 aromatic carbocycles. The third-order valence-electron chi connectivity index (χ3n) is 6.58. The Bertz CT molecular complexity index is 1240. The van der Waals surface area contributed by atoms with Gasteiger partial charge in [0.05, 0.1) is 19.0 Å². The molecular weight excluding hydrogens is 452 g/mol. The van der Waals surface area contributed by atoms with Crippen molar-refractivity contribution in [1.29, 1.82) is 0 Å². The van der Waals surface area contributed by atoms with Crippen LogP contribution in [-0.2, 0) is 0 Å². The summed E-state index contributed by atoms with van der Waals surface area (Å²) in [6.07, 6.45) is 6.41. The second-order valence-corrected chi connectivity index (χ2v) is 8.86. The van der Waals surface area contributed by atoms with Crippen LogP contribution in [0.3, 0.4) is 0 Å². The maximum atomic E-state index is 13.1. The number of carbonyl (C=O) groups excluding carboxylic acids is 1. The number of para-hydroxylation sites is 1. The summed E-state index contributed by atoms with van der Waals surface area (Å²) in [7, 11) is 1.69. The van der Waals surface area contributed by atoms with Crippen molar-refractivity contribution in [3.63, 3.8) is 0 Å². The zero-order valence-electron chi connectivity index (χ0n) is 20.6. The number of hydrogen-bond donors (Lipinski definition) is 1. The first-order valence-electron chi connectivity index (χ1n) is 12.4. The van der Waals surface area contributed by atoms with Gasteiger partial charge in [0.1, 0.15) is 11.3 Å². The molecule has 1 amide bonds. The molecule has 0 bridgehead atoms. The quantitative estimate of drug-likeness (QED) is 0.368. The Morgan fingerprint density at radius 1 is 0.917 bits per heavy atom. The molecule has 0 unspecified atom stereocenters. The lowest BCUT2D eigenvalue weighted by Gasteiger charge is -2.36. The molecule has 8 nitrogen and oxygen atoms in total. The minimum absolute atomic E-state index is 0.106. The van der Waals surface area contributed by atoms with Gasteiger partial charge in [0, 0.05) is 50.8 Å². The normalized spacial score (nSPS) is 14.1. The molecule has 1 fully saturated rings. The molecule has 1 saturated heterocycles. The number of rotatable bonds is 9. The van der Waals surface area contributed by atoms with Crippen LogP contribution in [0.2, 0.25) is 0 Å². The van der Waals surface area contributed by atoms with Gasteiger partial charge in [0.2, 0.25) is 0 Å². The third kappa shape index (κ3) is 5.28. The van der Waals surface area contributed by atoms with Crippen molar-refractivity contribution in [3.05, 3.63) is 90.9 Å². The second-order valence-electron chi connectivity index (χ2n) is 8.86. The van der Waals surface area contributed by atoms with Crippen LogP contribution >= 0.6 is 0 Å². The topological polar surface area (TPSA) is 67.6 Å². The van der Waals surface area contributed by atoms with Gasteiger partial charge in [-0.05, 0) is 61.5 Å². The van der Waals surface area contributed by atoms with Crippen molar-refractivity contribution >= 4 is 11.6 Å². The Hall–Kier alpha value is -4.04. The first kappa shape index (κ1) is 23.7. The molecule has 0 saturated carbocycles. The molecule has 36 heavy (non-hydrogen) atoms. The van der Waals surface area contributed by atoms with Crippen LogP contribution in [0, 0.1) is 0 Å². The lowest BCUT2D eigenvalue weighted by atomic mass is 10.2. The lowest BCUT2D eigenvalue weighted by molar-refractivity contribution is 0.0951. The molecule has 5 rings (SSSR count). The molecule has 2 aromatic heterocycles. The van der Waals surface area contributed by atoms with Crippen molar-refractivity contribution < 1.29 is 9.53 Å². The van der Waals surface area contributed by atoms with Crippen LogP contribution in [0.5, 0.6) is 5.75 Å². The summed E-state index contributed by atoms with van der Waals surface area (Å²) in [6, 6.07) is 22.0. The molecule has 0 spiro atoms. The summed E-state index contributed by atoms with van der Waals surface area (Å²) in [5, 5.41) is 7.62. The first-order valence-corrected chi connectivity index (χ1v) is 12.4. The Morgan fingerprint density at radius 3 is 2.33 bits per heavy atom. The minimum Gasteiger partial charge on any atom is -0.497 e. The fraction of sp³-hybridized carbons (Fsp3) is 0.286. The van der Waals surface area contributed by atoms with Crippen molar-refractivity contribution in [2.45, 2.75) is 6.42 Å². The number of nitrogens with zero attached hydrogens (tertiary/aromatic N) is 5. The summed E-state index contributed by atoms with van der Waals surface area (Å²) in [4.78, 5) is 18.0. The zero-order valence-corrected chi connectivity index (χ0v) is 20.6. The van der Waals surface area contributed by atoms with Gasteiger partial charge in [0.15, 0.2) is 5.82 Å². The first-order chi connectivity index (χ1) is 17.7. The largest absolute Gasteiger partial charge is 0.497 e. The van der Waals surface area contributed by atoms with Crippen molar-refractivity contribution in [1.82, 2.24) is 24.6 Å². The predicted molar refractivity (Wildman–Crippen MR) is 141 cm³/mol. The third-order valence-corrected chi connectivity index (χ3v) is 6.58. The average Bonchev–Trinajstić information content (AvgIpc) is 3.62. The van der Waals surface area contributed by atoms with Crippen LogP contribution in [-0.4, -0.2) is 71.5 Å². The van der Waals surface area contributed by atoms with Gasteiger partial charge in [-0.25, -0.2) is 4.68 Å². The summed E-state index contributed by atoms with van der Waals surface area (Å²) in [6.45, 7) is 5.61. The highest BCUT2D eigenvalue weighted by atomic mass is 16.5. The zero-order chi connectivity index (χ0) is 24.7. The van der Waals surface area contributed by atoms with Gasteiger partial charge in [-0.3, -0.25) is 9.69 Å². The number of carbonyl (C=O) groups is 1. The van der Waals surface area contributed by atoms with Crippen molar-refractivity contribution in [2.24, 2.45) is 0 Å². The number of piperazine rings is 1. The summed E-state index contributed by atoms with van der Waals surface area (Å²) in [5.74, 6) is 1.51. The molecule has 0 aliphatic carbocycles. The molecule has 8 heteroatoms. The molecule has 3 heterocycles. The van der Waals surface area contributed by atoms with E-state index in [2.05, 4.69) is 32.3 Å². The molecule has 1 aliphatic rings. The van der Waals surface area contributed by atoms with E-state index in [9.17, 15) is 4.79 Å². The maximum absolute atomic E-state index is 13.1. The monoisotopic (exact) mass is 484 g/mol. The molecular formula is C28H32N6O2. The van der Waals surface area contributed by atoms with Crippen molar-refractivity contribution in [2.75, 3.05) is 51.3 Å². The Labute approximate surface area is 211 Å². The van der Waals surface area contributed by atoms with E-state index in [0.29, 0.717) is 12.1 Å². The van der Waals surface area contributed by atoms with Gasteiger partial charge in [0.25, 0.3) is 5.91 Å².